The zero-order valence-electron chi connectivity index (χ0n) is 13.1. The highest BCUT2D eigenvalue weighted by atomic mass is 19.1. The van der Waals surface area contributed by atoms with Crippen molar-refractivity contribution in [1.29, 1.82) is 0 Å². The molecule has 0 aliphatic carbocycles. The third-order valence-electron chi connectivity index (χ3n) is 3.34. The molecule has 7 nitrogen and oxygen atoms in total. The first-order valence-corrected chi connectivity index (χ1v) is 7.22. The molecular formula is C15H19FN4O3. The number of amides is 1. The topological polar surface area (TPSA) is 87.2 Å². The number of H-pyrrole nitrogens is 1. The number of benzene rings is 1. The largest absolute Gasteiger partial charge is 0.355 e. The van der Waals surface area contributed by atoms with Gasteiger partial charge in [0.1, 0.15) is 12.4 Å². The van der Waals surface area contributed by atoms with Crippen LogP contribution in [0.1, 0.15) is 6.42 Å². The van der Waals surface area contributed by atoms with E-state index in [1.54, 1.807) is 0 Å². The molecule has 0 aliphatic heterocycles. The second-order valence-corrected chi connectivity index (χ2v) is 5.51. The molecule has 1 aromatic carbocycles. The minimum absolute atomic E-state index is 0.176. The van der Waals surface area contributed by atoms with Crippen molar-refractivity contribution in [3.05, 3.63) is 44.7 Å². The van der Waals surface area contributed by atoms with Crippen LogP contribution in [0.3, 0.4) is 0 Å². The van der Waals surface area contributed by atoms with E-state index in [0.29, 0.717) is 12.1 Å². The number of hydrogen-bond acceptors (Lipinski definition) is 4. The van der Waals surface area contributed by atoms with Gasteiger partial charge in [-0.15, -0.1) is 0 Å². The lowest BCUT2D eigenvalue weighted by molar-refractivity contribution is -0.121. The average molecular weight is 322 g/mol. The summed E-state index contributed by atoms with van der Waals surface area (Å²) in [5.74, 6) is -0.909. The van der Waals surface area contributed by atoms with E-state index >= 15 is 0 Å². The van der Waals surface area contributed by atoms with Crippen LogP contribution in [0.15, 0.2) is 27.8 Å². The molecule has 1 aromatic heterocycles. The number of carbonyl (C=O) groups is 1. The van der Waals surface area contributed by atoms with E-state index in [0.717, 1.165) is 23.6 Å². The smallest absolute Gasteiger partial charge is 0.317 e. The van der Waals surface area contributed by atoms with Gasteiger partial charge in [0.05, 0.1) is 11.0 Å². The Hall–Kier alpha value is -2.48. The predicted molar refractivity (Wildman–Crippen MR) is 85.0 cm³/mol. The first kappa shape index (κ1) is 16.9. The lowest BCUT2D eigenvalue weighted by Gasteiger charge is -2.12. The summed E-state index contributed by atoms with van der Waals surface area (Å²) in [6.07, 6.45) is 0.773. The summed E-state index contributed by atoms with van der Waals surface area (Å²) in [5.41, 5.74) is -1.24. The first-order valence-electron chi connectivity index (χ1n) is 7.22. The molecule has 1 heterocycles. The van der Waals surface area contributed by atoms with Crippen LogP contribution in [0.2, 0.25) is 0 Å². The summed E-state index contributed by atoms with van der Waals surface area (Å²) < 4.78 is 14.3. The zero-order valence-corrected chi connectivity index (χ0v) is 13.1. The molecule has 2 rings (SSSR count). The maximum Gasteiger partial charge on any atom is 0.317 e. The highest BCUT2D eigenvalue weighted by Gasteiger charge is 2.11. The van der Waals surface area contributed by atoms with Crippen molar-refractivity contribution in [2.24, 2.45) is 0 Å². The summed E-state index contributed by atoms with van der Waals surface area (Å²) in [4.78, 5) is 39.9. The van der Waals surface area contributed by atoms with Gasteiger partial charge in [-0.2, -0.15) is 0 Å². The number of halogens is 1. The van der Waals surface area contributed by atoms with Crippen LogP contribution in [0.25, 0.3) is 11.0 Å². The van der Waals surface area contributed by atoms with E-state index in [9.17, 15) is 18.8 Å². The van der Waals surface area contributed by atoms with Crippen molar-refractivity contribution >= 4 is 16.9 Å². The molecule has 124 valence electrons. The van der Waals surface area contributed by atoms with E-state index in [-0.39, 0.29) is 18.0 Å². The standard InChI is InChI=1S/C15H19FN4O3/c1-19(2)7-3-6-17-13(21)9-20-12-5-4-10(16)8-11(12)18-14(22)15(20)23/h4-5,8H,3,6-7,9H2,1-2H3,(H,17,21)(H,18,22). The van der Waals surface area contributed by atoms with Crippen LogP contribution in [-0.2, 0) is 11.3 Å². The minimum atomic E-state index is -0.886. The first-order chi connectivity index (χ1) is 10.9. The van der Waals surface area contributed by atoms with Crippen LogP contribution < -0.4 is 16.4 Å². The Morgan fingerprint density at radius 1 is 1.35 bits per heavy atom. The van der Waals surface area contributed by atoms with E-state index in [2.05, 4.69) is 10.3 Å². The normalized spacial score (nSPS) is 11.1. The number of fused-ring (bicyclic) bond motifs is 1. The maximum atomic E-state index is 13.2. The van der Waals surface area contributed by atoms with Crippen molar-refractivity contribution < 1.29 is 9.18 Å². The summed E-state index contributed by atoms with van der Waals surface area (Å²) in [6.45, 7) is 1.02. The van der Waals surface area contributed by atoms with Crippen molar-refractivity contribution in [3.8, 4) is 0 Å². The molecule has 0 atom stereocenters. The van der Waals surface area contributed by atoms with Gasteiger partial charge in [0.25, 0.3) is 0 Å². The van der Waals surface area contributed by atoms with E-state index in [1.807, 2.05) is 19.0 Å². The van der Waals surface area contributed by atoms with Gasteiger partial charge >= 0.3 is 11.1 Å². The molecule has 2 aromatic rings. The second-order valence-electron chi connectivity index (χ2n) is 5.51. The SMILES string of the molecule is CN(C)CCCNC(=O)Cn1c(=O)c(=O)[nH]c2cc(F)ccc21. The molecule has 0 bridgehead atoms. The molecule has 0 saturated carbocycles. The highest BCUT2D eigenvalue weighted by Crippen LogP contribution is 2.10. The van der Waals surface area contributed by atoms with Crippen molar-refractivity contribution in [2.75, 3.05) is 27.2 Å². The maximum absolute atomic E-state index is 13.2. The van der Waals surface area contributed by atoms with Crippen LogP contribution >= 0.6 is 0 Å². The van der Waals surface area contributed by atoms with Crippen LogP contribution in [-0.4, -0.2) is 47.5 Å². The van der Waals surface area contributed by atoms with Gasteiger partial charge in [-0.1, -0.05) is 0 Å². The summed E-state index contributed by atoms with van der Waals surface area (Å²) >= 11 is 0. The number of aromatic nitrogens is 2. The number of rotatable bonds is 6. The Kier molecular flexibility index (Phi) is 5.28. The van der Waals surface area contributed by atoms with Crippen LogP contribution in [0, 0.1) is 5.82 Å². The van der Waals surface area contributed by atoms with Gasteiger partial charge < -0.3 is 15.2 Å². The second kappa shape index (κ2) is 7.19. The van der Waals surface area contributed by atoms with E-state index < -0.39 is 16.9 Å². The number of carbonyl (C=O) groups excluding carboxylic acids is 1. The Labute approximate surface area is 131 Å². The van der Waals surface area contributed by atoms with Crippen molar-refractivity contribution in [3.63, 3.8) is 0 Å². The molecule has 1 amide bonds. The predicted octanol–water partition coefficient (Wildman–Crippen LogP) is -0.103. The fraction of sp³-hybridized carbons (Fsp3) is 0.400. The Morgan fingerprint density at radius 3 is 2.78 bits per heavy atom. The summed E-state index contributed by atoms with van der Waals surface area (Å²) in [6, 6.07) is 3.65. The molecule has 0 unspecified atom stereocenters. The Balaban J connectivity index is 2.19. The summed E-state index contributed by atoms with van der Waals surface area (Å²) in [5, 5.41) is 2.70. The Bertz CT molecular complexity index is 826. The highest BCUT2D eigenvalue weighted by molar-refractivity contribution is 5.79. The third kappa shape index (κ3) is 4.26. The molecular weight excluding hydrogens is 303 g/mol. The molecule has 0 aliphatic rings. The van der Waals surface area contributed by atoms with Crippen molar-refractivity contribution in [1.82, 2.24) is 19.8 Å². The number of nitrogens with one attached hydrogen (secondary N) is 2. The van der Waals surface area contributed by atoms with Gasteiger partial charge in [0.2, 0.25) is 5.91 Å². The number of nitrogens with zero attached hydrogens (tertiary/aromatic N) is 2. The lowest BCUT2D eigenvalue weighted by Crippen LogP contribution is -2.40. The number of aromatic amines is 1. The van der Waals surface area contributed by atoms with Gasteiger partial charge in [0.15, 0.2) is 0 Å². The minimum Gasteiger partial charge on any atom is -0.355 e. The molecule has 0 saturated heterocycles. The average Bonchev–Trinajstić information content (AvgIpc) is 2.48. The van der Waals surface area contributed by atoms with Crippen molar-refractivity contribution in [2.45, 2.75) is 13.0 Å². The van der Waals surface area contributed by atoms with Gasteiger partial charge in [-0.05, 0) is 45.3 Å². The quantitative estimate of drug-likeness (QED) is 0.574. The van der Waals surface area contributed by atoms with Gasteiger partial charge in [-0.3, -0.25) is 19.0 Å². The monoisotopic (exact) mass is 322 g/mol. The van der Waals surface area contributed by atoms with Gasteiger partial charge in [-0.25, -0.2) is 4.39 Å². The molecule has 8 heteroatoms. The van der Waals surface area contributed by atoms with E-state index in [4.69, 9.17) is 0 Å². The third-order valence-corrected chi connectivity index (χ3v) is 3.34. The fourth-order valence-electron chi connectivity index (χ4n) is 2.23. The molecule has 23 heavy (non-hydrogen) atoms. The van der Waals surface area contributed by atoms with Crippen LogP contribution in [0.5, 0.6) is 0 Å². The van der Waals surface area contributed by atoms with Gasteiger partial charge in [0, 0.05) is 6.54 Å². The molecule has 0 fully saturated rings. The summed E-state index contributed by atoms with van der Waals surface area (Å²) in [7, 11) is 3.87. The number of hydrogen-bond donors (Lipinski definition) is 2. The molecule has 0 radical (unpaired) electrons. The molecule has 2 N–H and O–H groups in total. The molecule has 0 spiro atoms. The lowest BCUT2D eigenvalue weighted by atomic mass is 10.3. The fourth-order valence-corrected chi connectivity index (χ4v) is 2.23. The zero-order chi connectivity index (χ0) is 17.0. The van der Waals surface area contributed by atoms with E-state index in [1.165, 1.54) is 12.1 Å². The Morgan fingerprint density at radius 2 is 2.09 bits per heavy atom. The van der Waals surface area contributed by atoms with Crippen LogP contribution in [0.4, 0.5) is 4.39 Å².